The number of piperidine rings is 1. The Morgan fingerprint density at radius 2 is 1.65 bits per heavy atom. The minimum absolute atomic E-state index is 0.0871. The molecule has 158 valence electrons. The predicted octanol–water partition coefficient (Wildman–Crippen LogP) is 5.38. The maximum atomic E-state index is 13.2. The van der Waals surface area contributed by atoms with Crippen LogP contribution in [-0.4, -0.2) is 38.8 Å². The van der Waals surface area contributed by atoms with E-state index in [0.717, 1.165) is 66.7 Å². The Balaban J connectivity index is 1.32. The van der Waals surface area contributed by atoms with Crippen molar-refractivity contribution >= 4 is 38.5 Å². The third kappa shape index (κ3) is 3.81. The first kappa shape index (κ1) is 20.1. The van der Waals surface area contributed by atoms with E-state index < -0.39 is 0 Å². The van der Waals surface area contributed by atoms with Crippen LogP contribution in [0.4, 0.5) is 0 Å². The number of carbonyl (C=O) groups excluding carboxylic acids is 1. The van der Waals surface area contributed by atoms with Gasteiger partial charge < -0.3 is 4.90 Å². The van der Waals surface area contributed by atoms with Gasteiger partial charge in [-0.25, -0.2) is 15.0 Å². The smallest absolute Gasteiger partial charge is 0.253 e. The van der Waals surface area contributed by atoms with Crippen LogP contribution in [0.1, 0.15) is 59.4 Å². The number of aromatic nitrogens is 3. The van der Waals surface area contributed by atoms with Crippen LogP contribution in [0.15, 0.2) is 42.5 Å². The molecule has 2 aromatic carbocycles. The van der Waals surface area contributed by atoms with Crippen molar-refractivity contribution in [2.45, 2.75) is 45.4 Å². The summed E-state index contributed by atoms with van der Waals surface area (Å²) in [6, 6.07) is 14.0. The van der Waals surface area contributed by atoms with E-state index in [9.17, 15) is 4.79 Å². The van der Waals surface area contributed by atoms with Gasteiger partial charge in [-0.3, -0.25) is 4.79 Å². The van der Waals surface area contributed by atoms with Crippen LogP contribution in [0.25, 0.3) is 21.3 Å². The van der Waals surface area contributed by atoms with Crippen molar-refractivity contribution in [3.8, 4) is 0 Å². The molecule has 0 aliphatic carbocycles. The molecule has 6 heteroatoms. The summed E-state index contributed by atoms with van der Waals surface area (Å²) in [7, 11) is 0. The average Bonchev–Trinajstić information content (AvgIpc) is 3.26. The largest absolute Gasteiger partial charge is 0.339 e. The number of hydrogen-bond acceptors (Lipinski definition) is 5. The summed E-state index contributed by atoms with van der Waals surface area (Å²) in [6.45, 7) is 5.72. The molecule has 0 N–H and O–H groups in total. The van der Waals surface area contributed by atoms with Gasteiger partial charge in [0.1, 0.15) is 0 Å². The highest BCUT2D eigenvalue weighted by molar-refractivity contribution is 7.18. The lowest BCUT2D eigenvalue weighted by molar-refractivity contribution is 0.0713. The lowest BCUT2D eigenvalue weighted by atomic mass is 9.97. The van der Waals surface area contributed by atoms with E-state index in [1.807, 2.05) is 29.2 Å². The first-order chi connectivity index (χ1) is 15.2. The molecule has 0 spiro atoms. The summed E-state index contributed by atoms with van der Waals surface area (Å²) in [5.41, 5.74) is 5.52. The topological polar surface area (TPSA) is 59.0 Å². The van der Waals surface area contributed by atoms with Crippen LogP contribution in [0, 0.1) is 0 Å². The van der Waals surface area contributed by atoms with Crippen molar-refractivity contribution in [3.63, 3.8) is 0 Å². The van der Waals surface area contributed by atoms with Gasteiger partial charge >= 0.3 is 0 Å². The third-order valence-electron chi connectivity index (χ3n) is 6.18. The van der Waals surface area contributed by atoms with E-state index in [2.05, 4.69) is 32.0 Å². The quantitative estimate of drug-likeness (QED) is 0.436. The molecule has 1 saturated heterocycles. The molecule has 4 aromatic rings. The fourth-order valence-electron chi connectivity index (χ4n) is 4.40. The van der Waals surface area contributed by atoms with Gasteiger partial charge in [-0.05, 0) is 56.0 Å². The first-order valence-electron chi connectivity index (χ1n) is 11.1. The zero-order chi connectivity index (χ0) is 21.4. The Bertz CT molecular complexity index is 1220. The summed E-state index contributed by atoms with van der Waals surface area (Å²) in [5, 5.41) is 1.20. The van der Waals surface area contributed by atoms with E-state index in [1.165, 1.54) is 9.71 Å². The normalized spacial score (nSPS) is 15.1. The number of fused-ring (bicyclic) bond motifs is 2. The number of para-hydroxylation sites is 1. The molecule has 5 rings (SSSR count). The molecule has 0 atom stereocenters. The number of hydrogen-bond donors (Lipinski definition) is 0. The predicted molar refractivity (Wildman–Crippen MR) is 126 cm³/mol. The lowest BCUT2D eigenvalue weighted by Gasteiger charge is -2.31. The van der Waals surface area contributed by atoms with Gasteiger partial charge in [-0.2, -0.15) is 0 Å². The monoisotopic (exact) mass is 430 g/mol. The maximum Gasteiger partial charge on any atom is 0.253 e. The van der Waals surface area contributed by atoms with Gasteiger partial charge in [0.15, 0.2) is 0 Å². The van der Waals surface area contributed by atoms with Crippen LogP contribution in [0.3, 0.4) is 0 Å². The zero-order valence-electron chi connectivity index (χ0n) is 18.0. The maximum absolute atomic E-state index is 13.2. The standard InChI is InChI=1S/C25H26N4OS/c1-3-18-19(4-2)27-22-15-17(9-10-20(22)26-18)25(30)29-13-11-16(12-14-29)24-28-21-7-5-6-8-23(21)31-24/h5-10,15-16H,3-4,11-14H2,1-2H3. The van der Waals surface area contributed by atoms with Crippen LogP contribution in [0.5, 0.6) is 0 Å². The molecular weight excluding hydrogens is 404 g/mol. The van der Waals surface area contributed by atoms with E-state index in [0.29, 0.717) is 11.5 Å². The number of rotatable bonds is 4. The summed E-state index contributed by atoms with van der Waals surface area (Å²) >= 11 is 1.79. The van der Waals surface area contributed by atoms with E-state index in [4.69, 9.17) is 15.0 Å². The summed E-state index contributed by atoms with van der Waals surface area (Å²) in [5.74, 6) is 0.521. The number of thiazole rings is 1. The van der Waals surface area contributed by atoms with Gasteiger partial charge in [0, 0.05) is 24.6 Å². The Kier molecular flexibility index (Phi) is 5.40. The van der Waals surface area contributed by atoms with Gasteiger partial charge in [0.05, 0.1) is 37.6 Å². The molecule has 5 nitrogen and oxygen atoms in total. The molecule has 1 amide bonds. The van der Waals surface area contributed by atoms with E-state index in [-0.39, 0.29) is 5.91 Å². The van der Waals surface area contributed by atoms with Crippen molar-refractivity contribution in [3.05, 3.63) is 64.4 Å². The third-order valence-corrected chi connectivity index (χ3v) is 7.38. The molecule has 3 heterocycles. The lowest BCUT2D eigenvalue weighted by Crippen LogP contribution is -2.37. The van der Waals surface area contributed by atoms with E-state index >= 15 is 0 Å². The minimum atomic E-state index is 0.0871. The van der Waals surface area contributed by atoms with Crippen molar-refractivity contribution in [2.75, 3.05) is 13.1 Å². The molecule has 1 aliphatic heterocycles. The Labute approximate surface area is 186 Å². The number of likely N-dealkylation sites (tertiary alicyclic amines) is 1. The fourth-order valence-corrected chi connectivity index (χ4v) is 5.54. The molecule has 0 bridgehead atoms. The Morgan fingerprint density at radius 3 is 2.35 bits per heavy atom. The van der Waals surface area contributed by atoms with Crippen molar-refractivity contribution in [1.82, 2.24) is 19.9 Å². The zero-order valence-corrected chi connectivity index (χ0v) is 18.8. The first-order valence-corrected chi connectivity index (χ1v) is 11.9. The van der Waals surface area contributed by atoms with Crippen LogP contribution < -0.4 is 0 Å². The van der Waals surface area contributed by atoms with Crippen LogP contribution >= 0.6 is 11.3 Å². The summed E-state index contributed by atoms with van der Waals surface area (Å²) in [4.78, 5) is 29.5. The highest BCUT2D eigenvalue weighted by atomic mass is 32.1. The molecule has 0 saturated carbocycles. The molecule has 0 radical (unpaired) electrons. The number of amides is 1. The molecule has 0 unspecified atom stereocenters. The second-order valence-corrected chi connectivity index (χ2v) is 9.18. The second-order valence-electron chi connectivity index (χ2n) is 8.11. The Hall–Kier alpha value is -2.86. The average molecular weight is 431 g/mol. The SMILES string of the molecule is CCc1nc2ccc(C(=O)N3CCC(c4nc5ccccc5s4)CC3)cc2nc1CC. The van der Waals surface area contributed by atoms with Crippen LogP contribution in [-0.2, 0) is 12.8 Å². The molecule has 1 fully saturated rings. The Morgan fingerprint density at radius 1 is 0.935 bits per heavy atom. The highest BCUT2D eigenvalue weighted by Gasteiger charge is 2.26. The number of nitrogens with zero attached hydrogens (tertiary/aromatic N) is 4. The number of carbonyl (C=O) groups is 1. The van der Waals surface area contributed by atoms with Gasteiger partial charge in [-0.15, -0.1) is 11.3 Å². The molecule has 1 aliphatic rings. The summed E-state index contributed by atoms with van der Waals surface area (Å²) < 4.78 is 1.24. The van der Waals surface area contributed by atoms with Crippen molar-refractivity contribution in [1.29, 1.82) is 0 Å². The van der Waals surface area contributed by atoms with Gasteiger partial charge in [0.25, 0.3) is 5.91 Å². The molecular formula is C25H26N4OS. The number of aryl methyl sites for hydroxylation is 2. The molecule has 2 aromatic heterocycles. The summed E-state index contributed by atoms with van der Waals surface area (Å²) in [6.07, 6.45) is 3.64. The van der Waals surface area contributed by atoms with Gasteiger partial charge in [0.2, 0.25) is 0 Å². The van der Waals surface area contributed by atoms with Gasteiger partial charge in [-0.1, -0.05) is 26.0 Å². The second kappa shape index (κ2) is 8.35. The number of benzene rings is 2. The van der Waals surface area contributed by atoms with E-state index in [1.54, 1.807) is 11.3 Å². The molecule has 31 heavy (non-hydrogen) atoms. The van der Waals surface area contributed by atoms with Crippen molar-refractivity contribution < 1.29 is 4.79 Å². The minimum Gasteiger partial charge on any atom is -0.339 e. The highest BCUT2D eigenvalue weighted by Crippen LogP contribution is 2.34. The van der Waals surface area contributed by atoms with Crippen molar-refractivity contribution in [2.24, 2.45) is 0 Å². The fraction of sp³-hybridized carbons (Fsp3) is 0.360. The van der Waals surface area contributed by atoms with Crippen LogP contribution in [0.2, 0.25) is 0 Å².